The van der Waals surface area contributed by atoms with Crippen molar-refractivity contribution >= 4 is 41.5 Å². The van der Waals surface area contributed by atoms with Gasteiger partial charge in [-0.05, 0) is 24.8 Å². The smallest absolute Gasteiger partial charge is 0.417 e. The van der Waals surface area contributed by atoms with Gasteiger partial charge in [0.15, 0.2) is 5.96 Å². The fourth-order valence-electron chi connectivity index (χ4n) is 1.97. The second-order valence-electron chi connectivity index (χ2n) is 5.31. The van der Waals surface area contributed by atoms with Gasteiger partial charge in [-0.3, -0.25) is 4.99 Å². The van der Waals surface area contributed by atoms with Crippen molar-refractivity contribution in [2.75, 3.05) is 19.7 Å². The van der Waals surface area contributed by atoms with Crippen molar-refractivity contribution in [2.24, 2.45) is 16.6 Å². The van der Waals surface area contributed by atoms with Gasteiger partial charge in [-0.1, -0.05) is 18.0 Å². The molecule has 1 heterocycles. The van der Waals surface area contributed by atoms with Crippen LogP contribution < -0.4 is 15.8 Å². The second-order valence-corrected chi connectivity index (χ2v) is 5.71. The van der Waals surface area contributed by atoms with Crippen molar-refractivity contribution in [3.05, 3.63) is 22.8 Å². The number of hydrogen-bond donors (Lipinski definition) is 2. The molecule has 0 saturated heterocycles. The van der Waals surface area contributed by atoms with Crippen molar-refractivity contribution in [2.45, 2.75) is 25.4 Å². The number of nitrogens with zero attached hydrogens (tertiary/aromatic N) is 2. The van der Waals surface area contributed by atoms with Gasteiger partial charge in [-0.2, -0.15) is 13.2 Å². The number of ether oxygens (including phenoxy) is 1. The zero-order valence-electron chi connectivity index (χ0n) is 12.8. The molecule has 1 aromatic rings. The summed E-state index contributed by atoms with van der Waals surface area (Å²) in [6, 6.07) is 0.783. The number of rotatable bonds is 6. The van der Waals surface area contributed by atoms with Crippen LogP contribution in [0.25, 0.3) is 0 Å². The molecule has 0 spiro atoms. The van der Waals surface area contributed by atoms with Gasteiger partial charge in [0.2, 0.25) is 5.88 Å². The third kappa shape index (κ3) is 6.50. The Balaban J connectivity index is 0.00000288. The van der Waals surface area contributed by atoms with Gasteiger partial charge in [0, 0.05) is 12.7 Å². The summed E-state index contributed by atoms with van der Waals surface area (Å²) in [6.45, 7) is 1.21. The van der Waals surface area contributed by atoms with Gasteiger partial charge in [-0.15, -0.1) is 24.0 Å². The van der Waals surface area contributed by atoms with Crippen molar-refractivity contribution in [3.63, 3.8) is 0 Å². The van der Waals surface area contributed by atoms with Crippen LogP contribution in [0.4, 0.5) is 13.2 Å². The number of halogens is 5. The van der Waals surface area contributed by atoms with Gasteiger partial charge in [0.1, 0.15) is 11.6 Å². The standard InChI is InChI=1S/C14H18ClF3N4O.HI/c15-11-6-10(14(16,17)18)8-21-12(11)23-5-4-20-13(19)22-7-9-2-1-3-9;/h6,8-9H,1-5,7H2,(H3,19,20,22);1H. The van der Waals surface area contributed by atoms with Crippen LogP contribution in [-0.2, 0) is 6.18 Å². The maximum absolute atomic E-state index is 12.5. The summed E-state index contributed by atoms with van der Waals surface area (Å²) in [5, 5.41) is 2.67. The van der Waals surface area contributed by atoms with Crippen LogP contribution in [0.3, 0.4) is 0 Å². The molecule has 1 aliphatic rings. The van der Waals surface area contributed by atoms with Crippen molar-refractivity contribution in [3.8, 4) is 5.88 Å². The number of alkyl halides is 3. The molecule has 0 aromatic carbocycles. The Bertz CT molecular complexity index is 567. The molecule has 1 fully saturated rings. The normalized spacial score (nSPS) is 15.4. The van der Waals surface area contributed by atoms with Gasteiger partial charge >= 0.3 is 6.18 Å². The molecule has 0 bridgehead atoms. The van der Waals surface area contributed by atoms with Crippen molar-refractivity contribution < 1.29 is 17.9 Å². The number of nitrogens with one attached hydrogen (secondary N) is 1. The first-order valence-electron chi connectivity index (χ1n) is 7.25. The van der Waals surface area contributed by atoms with E-state index >= 15 is 0 Å². The molecular weight excluding hydrogens is 460 g/mol. The minimum absolute atomic E-state index is 0. The minimum atomic E-state index is -4.48. The number of guanidine groups is 1. The fourth-order valence-corrected chi connectivity index (χ4v) is 2.19. The number of aliphatic imine (C=N–C) groups is 1. The highest BCUT2D eigenvalue weighted by Crippen LogP contribution is 2.33. The SMILES string of the molecule is I.NC(=NCC1CCC1)NCCOc1ncc(C(F)(F)F)cc1Cl. The number of hydrogen-bond acceptors (Lipinski definition) is 3. The molecule has 0 aliphatic heterocycles. The monoisotopic (exact) mass is 478 g/mol. The van der Waals surface area contributed by atoms with Gasteiger partial charge in [-0.25, -0.2) is 4.98 Å². The predicted molar refractivity (Wildman–Crippen MR) is 97.0 cm³/mol. The number of pyridine rings is 1. The lowest BCUT2D eigenvalue weighted by Crippen LogP contribution is -2.35. The van der Waals surface area contributed by atoms with Crippen LogP contribution in [0.5, 0.6) is 5.88 Å². The van der Waals surface area contributed by atoms with E-state index in [2.05, 4.69) is 15.3 Å². The fraction of sp³-hybridized carbons (Fsp3) is 0.571. The predicted octanol–water partition coefficient (Wildman–Crippen LogP) is 3.46. The third-order valence-electron chi connectivity index (χ3n) is 3.53. The largest absolute Gasteiger partial charge is 0.475 e. The lowest BCUT2D eigenvalue weighted by atomic mass is 9.86. The van der Waals surface area contributed by atoms with Crippen molar-refractivity contribution in [1.82, 2.24) is 10.3 Å². The van der Waals surface area contributed by atoms with E-state index in [0.29, 0.717) is 31.2 Å². The van der Waals surface area contributed by atoms with Gasteiger partial charge in [0.25, 0.3) is 0 Å². The average Bonchev–Trinajstić information content (AvgIpc) is 2.42. The second kappa shape index (κ2) is 9.50. The van der Waals surface area contributed by atoms with E-state index in [-0.39, 0.29) is 41.5 Å². The molecule has 2 rings (SSSR count). The highest BCUT2D eigenvalue weighted by molar-refractivity contribution is 14.0. The quantitative estimate of drug-likeness (QED) is 0.284. The third-order valence-corrected chi connectivity index (χ3v) is 3.80. The molecule has 1 aliphatic carbocycles. The Morgan fingerprint density at radius 1 is 1.46 bits per heavy atom. The Kier molecular flexibility index (Phi) is 8.34. The molecule has 5 nitrogen and oxygen atoms in total. The van der Waals surface area contributed by atoms with Crippen LogP contribution in [0, 0.1) is 5.92 Å². The summed E-state index contributed by atoms with van der Waals surface area (Å²) in [5.74, 6) is 0.903. The summed E-state index contributed by atoms with van der Waals surface area (Å²) in [6.07, 6.45) is -0.163. The molecular formula is C14H19ClF3IN4O. The van der Waals surface area contributed by atoms with E-state index in [9.17, 15) is 13.2 Å². The number of nitrogens with two attached hydrogens (primary N) is 1. The molecule has 1 aromatic heterocycles. The molecule has 1 saturated carbocycles. The summed E-state index contributed by atoms with van der Waals surface area (Å²) < 4.78 is 42.7. The Hall–Kier alpha value is -0.970. The Morgan fingerprint density at radius 3 is 2.71 bits per heavy atom. The zero-order chi connectivity index (χ0) is 16.9. The first kappa shape index (κ1) is 21.1. The van der Waals surface area contributed by atoms with E-state index in [0.717, 1.165) is 6.07 Å². The molecule has 24 heavy (non-hydrogen) atoms. The number of aromatic nitrogens is 1. The van der Waals surface area contributed by atoms with Crippen LogP contribution >= 0.6 is 35.6 Å². The average molecular weight is 479 g/mol. The van der Waals surface area contributed by atoms with E-state index < -0.39 is 11.7 Å². The highest BCUT2D eigenvalue weighted by Gasteiger charge is 2.31. The van der Waals surface area contributed by atoms with Gasteiger partial charge in [0.05, 0.1) is 12.1 Å². The zero-order valence-corrected chi connectivity index (χ0v) is 15.9. The summed E-state index contributed by atoms with van der Waals surface area (Å²) in [7, 11) is 0. The summed E-state index contributed by atoms with van der Waals surface area (Å²) in [4.78, 5) is 7.78. The van der Waals surface area contributed by atoms with Crippen LogP contribution in [-0.4, -0.2) is 30.6 Å². The Morgan fingerprint density at radius 2 is 2.17 bits per heavy atom. The maximum atomic E-state index is 12.5. The maximum Gasteiger partial charge on any atom is 0.417 e. The topological polar surface area (TPSA) is 72.5 Å². The first-order chi connectivity index (χ1) is 10.9. The minimum Gasteiger partial charge on any atom is -0.475 e. The molecule has 0 radical (unpaired) electrons. The van der Waals surface area contributed by atoms with Crippen molar-refractivity contribution in [1.29, 1.82) is 0 Å². The summed E-state index contributed by atoms with van der Waals surface area (Å²) >= 11 is 5.73. The lowest BCUT2D eigenvalue weighted by Gasteiger charge is -2.23. The summed E-state index contributed by atoms with van der Waals surface area (Å²) in [5.41, 5.74) is 4.78. The van der Waals surface area contributed by atoms with E-state index in [4.69, 9.17) is 22.1 Å². The molecule has 10 heteroatoms. The molecule has 3 N–H and O–H groups in total. The molecule has 0 unspecified atom stereocenters. The Labute approximate surface area is 160 Å². The lowest BCUT2D eigenvalue weighted by molar-refractivity contribution is -0.137. The van der Waals surface area contributed by atoms with E-state index in [1.807, 2.05) is 0 Å². The van der Waals surface area contributed by atoms with Crippen LogP contribution in [0.2, 0.25) is 5.02 Å². The van der Waals surface area contributed by atoms with Gasteiger partial charge < -0.3 is 15.8 Å². The molecule has 0 atom stereocenters. The van der Waals surface area contributed by atoms with E-state index in [1.165, 1.54) is 19.3 Å². The van der Waals surface area contributed by atoms with Crippen LogP contribution in [0.15, 0.2) is 17.3 Å². The van der Waals surface area contributed by atoms with Crippen LogP contribution in [0.1, 0.15) is 24.8 Å². The molecule has 0 amide bonds. The highest BCUT2D eigenvalue weighted by atomic mass is 127. The first-order valence-corrected chi connectivity index (χ1v) is 7.63. The van der Waals surface area contributed by atoms with E-state index in [1.54, 1.807) is 0 Å². The molecule has 136 valence electrons.